The van der Waals surface area contributed by atoms with Gasteiger partial charge in [-0.1, -0.05) is 44.2 Å². The van der Waals surface area contributed by atoms with Gasteiger partial charge in [-0.25, -0.2) is 0 Å². The van der Waals surface area contributed by atoms with E-state index in [2.05, 4.69) is 54.5 Å². The molecule has 1 heterocycles. The first-order valence-electron chi connectivity index (χ1n) is 6.97. The van der Waals surface area contributed by atoms with Crippen LogP contribution in [0, 0.1) is 0 Å². The van der Waals surface area contributed by atoms with Crippen molar-refractivity contribution in [1.82, 2.24) is 10.3 Å². The summed E-state index contributed by atoms with van der Waals surface area (Å²) in [5.74, 6) is 0.509. The lowest BCUT2D eigenvalue weighted by atomic mass is 9.91. The molecule has 0 radical (unpaired) electrons. The maximum Gasteiger partial charge on any atom is 0.0794 e. The minimum absolute atomic E-state index is 0.475. The summed E-state index contributed by atoms with van der Waals surface area (Å²) < 4.78 is 0. The van der Waals surface area contributed by atoms with Crippen LogP contribution in [0.1, 0.15) is 36.6 Å². The molecule has 2 nitrogen and oxygen atoms in total. The topological polar surface area (TPSA) is 24.9 Å². The molecule has 1 aromatic carbocycles. The monoisotopic (exact) mass is 274 g/mol. The molecule has 3 heteroatoms. The van der Waals surface area contributed by atoms with Gasteiger partial charge in [-0.15, -0.1) is 11.3 Å². The molecule has 0 bridgehead atoms. The van der Waals surface area contributed by atoms with Crippen LogP contribution in [0.4, 0.5) is 0 Å². The van der Waals surface area contributed by atoms with Crippen LogP contribution >= 0.6 is 11.3 Å². The van der Waals surface area contributed by atoms with Crippen LogP contribution in [-0.2, 0) is 6.42 Å². The third kappa shape index (κ3) is 4.15. The van der Waals surface area contributed by atoms with E-state index in [9.17, 15) is 0 Å². The Morgan fingerprint density at radius 2 is 2.05 bits per heavy atom. The number of benzene rings is 1. The number of nitrogens with zero attached hydrogens (tertiary/aromatic N) is 1. The van der Waals surface area contributed by atoms with Crippen molar-refractivity contribution in [2.24, 2.45) is 0 Å². The van der Waals surface area contributed by atoms with Gasteiger partial charge in [-0.05, 0) is 30.9 Å². The molecule has 0 aliphatic carbocycles. The highest BCUT2D eigenvalue weighted by Gasteiger charge is 2.19. The van der Waals surface area contributed by atoms with E-state index in [-0.39, 0.29) is 0 Å². The molecule has 0 fully saturated rings. The minimum Gasteiger partial charge on any atom is -0.313 e. The Kier molecular flexibility index (Phi) is 5.55. The fourth-order valence-electron chi connectivity index (χ4n) is 2.30. The smallest absolute Gasteiger partial charge is 0.0794 e. The fraction of sp³-hybridized carbons (Fsp3) is 0.438. The fourth-order valence-corrected chi connectivity index (χ4v) is 2.96. The molecule has 2 atom stereocenters. The Morgan fingerprint density at radius 3 is 2.68 bits per heavy atom. The van der Waals surface area contributed by atoms with E-state index < -0.39 is 0 Å². The number of hydrogen-bond acceptors (Lipinski definition) is 3. The van der Waals surface area contributed by atoms with Gasteiger partial charge in [0.25, 0.3) is 0 Å². The van der Waals surface area contributed by atoms with Crippen molar-refractivity contribution >= 4 is 11.3 Å². The Balaban J connectivity index is 2.08. The maximum atomic E-state index is 4.18. The Bertz CT molecular complexity index is 453. The lowest BCUT2D eigenvalue weighted by Crippen LogP contribution is -2.36. The Labute approximate surface area is 119 Å². The van der Waals surface area contributed by atoms with Crippen LogP contribution in [0.2, 0.25) is 0 Å². The summed E-state index contributed by atoms with van der Waals surface area (Å²) in [7, 11) is 0. The quantitative estimate of drug-likeness (QED) is 0.829. The van der Waals surface area contributed by atoms with Crippen LogP contribution in [-0.4, -0.2) is 17.6 Å². The Hall–Kier alpha value is -1.19. The van der Waals surface area contributed by atoms with Crippen molar-refractivity contribution in [1.29, 1.82) is 0 Å². The summed E-state index contributed by atoms with van der Waals surface area (Å²) in [4.78, 5) is 5.54. The molecule has 2 aromatic rings. The third-order valence-corrected chi connectivity index (χ3v) is 4.29. The first-order valence-corrected chi connectivity index (χ1v) is 7.85. The highest BCUT2D eigenvalue weighted by molar-refractivity contribution is 7.09. The lowest BCUT2D eigenvalue weighted by molar-refractivity contribution is 0.449. The molecule has 2 unspecified atom stereocenters. The molecule has 0 saturated carbocycles. The summed E-state index contributed by atoms with van der Waals surface area (Å²) >= 11 is 1.75. The predicted octanol–water partition coefficient (Wildman–Crippen LogP) is 3.86. The van der Waals surface area contributed by atoms with Gasteiger partial charge in [0.2, 0.25) is 0 Å². The van der Waals surface area contributed by atoms with Gasteiger partial charge in [0.05, 0.1) is 5.51 Å². The molecule has 0 amide bonds. The van der Waals surface area contributed by atoms with Gasteiger partial charge in [0.1, 0.15) is 0 Å². The zero-order valence-electron chi connectivity index (χ0n) is 11.7. The predicted molar refractivity (Wildman–Crippen MR) is 82.8 cm³/mol. The first kappa shape index (κ1) is 14.2. The summed E-state index contributed by atoms with van der Waals surface area (Å²) in [6.45, 7) is 5.59. The second-order valence-electron chi connectivity index (χ2n) is 4.93. The minimum atomic E-state index is 0.475. The number of hydrogen-bond donors (Lipinski definition) is 1. The molecule has 0 aliphatic heterocycles. The second-order valence-corrected chi connectivity index (χ2v) is 5.90. The average molecular weight is 274 g/mol. The molecule has 2 rings (SSSR count). The maximum absolute atomic E-state index is 4.18. The molecular formula is C16H22N2S. The van der Waals surface area contributed by atoms with Crippen molar-refractivity contribution in [3.63, 3.8) is 0 Å². The van der Waals surface area contributed by atoms with Crippen LogP contribution in [0.5, 0.6) is 0 Å². The van der Waals surface area contributed by atoms with Gasteiger partial charge in [0, 0.05) is 17.1 Å². The van der Waals surface area contributed by atoms with Gasteiger partial charge in [-0.2, -0.15) is 0 Å². The summed E-state index contributed by atoms with van der Waals surface area (Å²) in [6, 6.07) is 11.2. The van der Waals surface area contributed by atoms with Crippen LogP contribution in [0.25, 0.3) is 0 Å². The van der Waals surface area contributed by atoms with Gasteiger partial charge in [-0.3, -0.25) is 4.98 Å². The molecule has 0 spiro atoms. The molecule has 1 N–H and O–H groups in total. The van der Waals surface area contributed by atoms with Crippen molar-refractivity contribution in [2.45, 2.75) is 38.6 Å². The van der Waals surface area contributed by atoms with Crippen molar-refractivity contribution in [2.75, 3.05) is 6.54 Å². The van der Waals surface area contributed by atoms with Crippen molar-refractivity contribution in [3.8, 4) is 0 Å². The van der Waals surface area contributed by atoms with Crippen LogP contribution in [0.3, 0.4) is 0 Å². The standard InChI is InChI=1S/C16H22N2S/c1-3-9-18-16(10-15-11-17-12-19-15)13(2)14-7-5-4-6-8-14/h4-8,11-13,16,18H,3,9-10H2,1-2H3. The van der Waals surface area contributed by atoms with E-state index in [0.717, 1.165) is 13.0 Å². The van der Waals surface area contributed by atoms with E-state index in [1.54, 1.807) is 11.3 Å². The number of nitrogens with one attached hydrogen (secondary N) is 1. The summed E-state index contributed by atoms with van der Waals surface area (Å²) in [6.07, 6.45) is 4.21. The van der Waals surface area contributed by atoms with Crippen molar-refractivity contribution < 1.29 is 0 Å². The SMILES string of the molecule is CCCNC(Cc1cncs1)C(C)c1ccccc1. The van der Waals surface area contributed by atoms with Crippen LogP contribution in [0.15, 0.2) is 42.0 Å². The molecular weight excluding hydrogens is 252 g/mol. The molecule has 0 saturated heterocycles. The van der Waals surface area contributed by atoms with Gasteiger partial charge in [0.15, 0.2) is 0 Å². The largest absolute Gasteiger partial charge is 0.313 e. The second kappa shape index (κ2) is 7.41. The van der Waals surface area contributed by atoms with E-state index in [1.807, 2.05) is 11.7 Å². The first-order chi connectivity index (χ1) is 9.31. The average Bonchev–Trinajstić information content (AvgIpc) is 2.96. The van der Waals surface area contributed by atoms with Crippen LogP contribution < -0.4 is 5.32 Å². The zero-order valence-corrected chi connectivity index (χ0v) is 12.5. The Morgan fingerprint density at radius 1 is 1.26 bits per heavy atom. The normalized spacial score (nSPS) is 14.2. The van der Waals surface area contributed by atoms with E-state index >= 15 is 0 Å². The van der Waals surface area contributed by atoms with E-state index in [0.29, 0.717) is 12.0 Å². The molecule has 1 aromatic heterocycles. The lowest BCUT2D eigenvalue weighted by Gasteiger charge is -2.25. The van der Waals surface area contributed by atoms with Gasteiger partial charge >= 0.3 is 0 Å². The molecule has 19 heavy (non-hydrogen) atoms. The number of rotatable bonds is 7. The number of thiazole rings is 1. The van der Waals surface area contributed by atoms with Crippen molar-refractivity contribution in [3.05, 3.63) is 52.5 Å². The zero-order chi connectivity index (χ0) is 13.5. The number of aromatic nitrogens is 1. The molecule has 0 aliphatic rings. The van der Waals surface area contributed by atoms with E-state index in [1.165, 1.54) is 16.9 Å². The highest BCUT2D eigenvalue weighted by atomic mass is 32.1. The van der Waals surface area contributed by atoms with E-state index in [4.69, 9.17) is 0 Å². The summed E-state index contributed by atoms with van der Waals surface area (Å²) in [5, 5.41) is 3.68. The molecule has 102 valence electrons. The van der Waals surface area contributed by atoms with Gasteiger partial charge < -0.3 is 5.32 Å². The third-order valence-electron chi connectivity index (χ3n) is 3.49. The highest BCUT2D eigenvalue weighted by Crippen LogP contribution is 2.22. The summed E-state index contributed by atoms with van der Waals surface area (Å²) in [5.41, 5.74) is 3.32.